The van der Waals surface area contributed by atoms with Crippen molar-refractivity contribution in [2.45, 2.75) is 53.5 Å². The summed E-state index contributed by atoms with van der Waals surface area (Å²) in [4.78, 5) is 13.5. The minimum Gasteiger partial charge on any atom is -0.329 e. The van der Waals surface area contributed by atoms with Gasteiger partial charge in [0.15, 0.2) is 15.5 Å². The summed E-state index contributed by atoms with van der Waals surface area (Å²) in [5.74, 6) is 2.72. The van der Waals surface area contributed by atoms with Gasteiger partial charge in [-0.15, -0.1) is 0 Å². The lowest BCUT2D eigenvalue weighted by Gasteiger charge is -2.22. The Balaban J connectivity index is 1.67. The maximum absolute atomic E-state index is 4.51. The molecule has 0 radical (unpaired) electrons. The van der Waals surface area contributed by atoms with Gasteiger partial charge in [-0.2, -0.15) is 0 Å². The van der Waals surface area contributed by atoms with Crippen LogP contribution in [0.25, 0.3) is 0 Å². The van der Waals surface area contributed by atoms with Crippen LogP contribution in [0.4, 0.5) is 0 Å². The molecule has 0 unspecified atom stereocenters. The number of thioether (sulfide) groups is 3. The van der Waals surface area contributed by atoms with Crippen molar-refractivity contribution in [1.29, 1.82) is 0 Å². The molecule has 1 aromatic carbocycles. The second kappa shape index (κ2) is 10.4. The monoisotopic (exact) mass is 498 g/mol. The van der Waals surface area contributed by atoms with Crippen LogP contribution in [0.3, 0.4) is 0 Å². The Bertz CT molecular complexity index is 1080. The van der Waals surface area contributed by atoms with Crippen molar-refractivity contribution < 1.29 is 0 Å². The second-order valence-electron chi connectivity index (χ2n) is 8.14. The standard InChI is InChI=1S/C24H30N6S3/c1-16-19(13-31-22-25-7-10-28(22)4)17(2)21(15-33-24-27-9-12-30(24)6)18(3)20(16)14-32-23-26-8-11-29(23)5/h7-12H,13-15H2,1-6H3. The number of imidazole rings is 3. The lowest BCUT2D eigenvalue weighted by atomic mass is 9.90. The summed E-state index contributed by atoms with van der Waals surface area (Å²) in [6.07, 6.45) is 11.6. The molecule has 0 N–H and O–H groups in total. The molecule has 0 bridgehead atoms. The Kier molecular flexibility index (Phi) is 7.61. The molecule has 0 atom stereocenters. The largest absolute Gasteiger partial charge is 0.329 e. The average molecular weight is 499 g/mol. The van der Waals surface area contributed by atoms with Gasteiger partial charge in [0.05, 0.1) is 0 Å². The first kappa shape index (κ1) is 24.0. The highest BCUT2D eigenvalue weighted by Crippen LogP contribution is 2.37. The van der Waals surface area contributed by atoms with E-state index in [4.69, 9.17) is 0 Å². The molecule has 4 aromatic rings. The first-order chi connectivity index (χ1) is 15.9. The fourth-order valence-corrected chi connectivity index (χ4v) is 7.24. The van der Waals surface area contributed by atoms with E-state index in [1.54, 1.807) is 35.3 Å². The first-order valence-corrected chi connectivity index (χ1v) is 13.7. The molecule has 0 aliphatic heterocycles. The lowest BCUT2D eigenvalue weighted by Crippen LogP contribution is -2.07. The molecular weight excluding hydrogens is 469 g/mol. The fraction of sp³-hybridized carbons (Fsp3) is 0.375. The third-order valence-corrected chi connectivity index (χ3v) is 9.34. The van der Waals surface area contributed by atoms with E-state index in [-0.39, 0.29) is 0 Å². The van der Waals surface area contributed by atoms with Crippen LogP contribution >= 0.6 is 35.3 Å². The van der Waals surface area contributed by atoms with Gasteiger partial charge in [-0.05, 0) is 54.2 Å². The van der Waals surface area contributed by atoms with Gasteiger partial charge in [0, 0.05) is 75.6 Å². The van der Waals surface area contributed by atoms with Crippen molar-refractivity contribution in [3.8, 4) is 0 Å². The number of rotatable bonds is 9. The maximum atomic E-state index is 4.51. The van der Waals surface area contributed by atoms with Crippen molar-refractivity contribution in [2.75, 3.05) is 0 Å². The molecule has 3 aromatic heterocycles. The van der Waals surface area contributed by atoms with Gasteiger partial charge in [0.1, 0.15) is 0 Å². The molecule has 3 heterocycles. The van der Waals surface area contributed by atoms with Crippen LogP contribution in [0.1, 0.15) is 33.4 Å². The van der Waals surface area contributed by atoms with E-state index < -0.39 is 0 Å². The minimum absolute atomic E-state index is 0.906. The van der Waals surface area contributed by atoms with Gasteiger partial charge in [0.2, 0.25) is 0 Å². The highest BCUT2D eigenvalue weighted by atomic mass is 32.2. The number of nitrogens with zero attached hydrogens (tertiary/aromatic N) is 6. The van der Waals surface area contributed by atoms with Crippen LogP contribution in [-0.2, 0) is 38.4 Å². The van der Waals surface area contributed by atoms with Crippen LogP contribution in [0, 0.1) is 20.8 Å². The zero-order valence-corrected chi connectivity index (χ0v) is 22.4. The Morgan fingerprint density at radius 2 is 0.818 bits per heavy atom. The Labute approximate surface area is 208 Å². The van der Waals surface area contributed by atoms with Gasteiger partial charge in [-0.25, -0.2) is 15.0 Å². The number of aryl methyl sites for hydroxylation is 3. The van der Waals surface area contributed by atoms with Gasteiger partial charge >= 0.3 is 0 Å². The van der Waals surface area contributed by atoms with Crippen LogP contribution in [0.15, 0.2) is 52.7 Å². The molecule has 174 valence electrons. The molecule has 33 heavy (non-hydrogen) atoms. The molecule has 0 aliphatic carbocycles. The number of hydrogen-bond acceptors (Lipinski definition) is 6. The van der Waals surface area contributed by atoms with E-state index in [2.05, 4.69) is 49.4 Å². The number of aromatic nitrogens is 6. The summed E-state index contributed by atoms with van der Waals surface area (Å²) in [6.45, 7) is 6.83. The van der Waals surface area contributed by atoms with E-state index in [1.807, 2.05) is 58.3 Å². The zero-order valence-electron chi connectivity index (χ0n) is 20.0. The smallest absolute Gasteiger partial charge is 0.167 e. The SMILES string of the molecule is Cc1c(CSc2nccn2C)c(C)c(CSc2nccn2C)c(C)c1CSc1nccn1C. The third-order valence-electron chi connectivity index (χ3n) is 6.08. The van der Waals surface area contributed by atoms with Crippen LogP contribution < -0.4 is 0 Å². The lowest BCUT2D eigenvalue weighted by molar-refractivity contribution is 0.789. The summed E-state index contributed by atoms with van der Waals surface area (Å²) in [7, 11) is 6.15. The van der Waals surface area contributed by atoms with Crippen LogP contribution in [0.5, 0.6) is 0 Å². The molecule has 4 rings (SSSR count). The summed E-state index contributed by atoms with van der Waals surface area (Å²) < 4.78 is 6.25. The van der Waals surface area contributed by atoms with E-state index in [9.17, 15) is 0 Å². The second-order valence-corrected chi connectivity index (χ2v) is 11.0. The maximum Gasteiger partial charge on any atom is 0.167 e. The molecule has 9 heteroatoms. The van der Waals surface area contributed by atoms with E-state index in [1.165, 1.54) is 33.4 Å². The van der Waals surface area contributed by atoms with Crippen LogP contribution in [0.2, 0.25) is 0 Å². The quantitative estimate of drug-likeness (QED) is 0.276. The van der Waals surface area contributed by atoms with Gasteiger partial charge in [-0.3, -0.25) is 0 Å². The predicted octanol–water partition coefficient (Wildman–Crippen LogP) is 5.69. The summed E-state index contributed by atoms with van der Waals surface area (Å²) in [5, 5.41) is 3.13. The molecule has 0 amide bonds. The van der Waals surface area contributed by atoms with E-state index in [0.29, 0.717) is 0 Å². The molecular formula is C24H30N6S3. The highest BCUT2D eigenvalue weighted by Gasteiger charge is 2.19. The summed E-state index contributed by atoms with van der Waals surface area (Å²) in [6, 6.07) is 0. The Morgan fingerprint density at radius 1 is 0.545 bits per heavy atom. The normalized spacial score (nSPS) is 11.5. The summed E-state index contributed by atoms with van der Waals surface area (Å²) >= 11 is 5.40. The topological polar surface area (TPSA) is 53.5 Å². The molecule has 0 aliphatic rings. The number of benzene rings is 1. The first-order valence-electron chi connectivity index (χ1n) is 10.8. The highest BCUT2D eigenvalue weighted by molar-refractivity contribution is 7.98. The average Bonchev–Trinajstić information content (AvgIpc) is 3.50. The predicted molar refractivity (Wildman–Crippen MR) is 139 cm³/mol. The van der Waals surface area contributed by atoms with Crippen LogP contribution in [-0.4, -0.2) is 28.7 Å². The minimum atomic E-state index is 0.906. The molecule has 0 fully saturated rings. The van der Waals surface area contributed by atoms with Gasteiger partial charge in [-0.1, -0.05) is 35.3 Å². The Morgan fingerprint density at radius 3 is 1.03 bits per heavy atom. The zero-order chi connectivity index (χ0) is 23.5. The molecule has 0 saturated carbocycles. The molecule has 0 saturated heterocycles. The Hall–Kier alpha value is -2.10. The van der Waals surface area contributed by atoms with Gasteiger partial charge in [0.25, 0.3) is 0 Å². The van der Waals surface area contributed by atoms with E-state index >= 15 is 0 Å². The fourth-order valence-electron chi connectivity index (χ4n) is 3.92. The van der Waals surface area contributed by atoms with Crippen molar-refractivity contribution >= 4 is 35.3 Å². The van der Waals surface area contributed by atoms with Crippen molar-refractivity contribution in [3.05, 3.63) is 70.6 Å². The van der Waals surface area contributed by atoms with Gasteiger partial charge < -0.3 is 13.7 Å². The molecule has 0 spiro atoms. The van der Waals surface area contributed by atoms with Crippen molar-refractivity contribution in [3.63, 3.8) is 0 Å². The number of hydrogen-bond donors (Lipinski definition) is 0. The third kappa shape index (κ3) is 5.20. The molecule has 6 nitrogen and oxygen atoms in total. The summed E-state index contributed by atoms with van der Waals surface area (Å²) in [5.41, 5.74) is 8.41. The van der Waals surface area contributed by atoms with Crippen molar-refractivity contribution in [1.82, 2.24) is 28.7 Å². The van der Waals surface area contributed by atoms with E-state index in [0.717, 1.165) is 32.7 Å². The van der Waals surface area contributed by atoms with Crippen molar-refractivity contribution in [2.24, 2.45) is 21.1 Å².